The summed E-state index contributed by atoms with van der Waals surface area (Å²) in [4.78, 5) is 10.6. The summed E-state index contributed by atoms with van der Waals surface area (Å²) in [6.45, 7) is 6.35. The van der Waals surface area contributed by atoms with Crippen LogP contribution in [-0.2, 0) is 0 Å². The number of nitrogens with zero attached hydrogens (tertiary/aromatic N) is 1. The van der Waals surface area contributed by atoms with Gasteiger partial charge in [-0.15, -0.1) is 0 Å². The van der Waals surface area contributed by atoms with Gasteiger partial charge in [0.25, 0.3) is 0 Å². The lowest BCUT2D eigenvalue weighted by Crippen LogP contribution is -2.28. The van der Waals surface area contributed by atoms with Gasteiger partial charge in [-0.25, -0.2) is 10.2 Å². The second-order valence-corrected chi connectivity index (χ2v) is 4.36. The highest BCUT2D eigenvalue weighted by atomic mass is 16.2. The summed E-state index contributed by atoms with van der Waals surface area (Å²) >= 11 is 0. The first-order valence-corrected chi connectivity index (χ1v) is 5.29. The standard InChI is InChI=1S/C11H19N3O/c1-7(2)9-5-4-8(3)6-10(9)13-14-11(12)15/h8H,4-6H2,1-3H3,(H3,12,14,15)/b13-10+/t8-/m1/s1. The average molecular weight is 209 g/mol. The summed E-state index contributed by atoms with van der Waals surface area (Å²) in [7, 11) is 0. The largest absolute Gasteiger partial charge is 0.350 e. The highest BCUT2D eigenvalue weighted by molar-refractivity contribution is 6.01. The highest BCUT2D eigenvalue weighted by Gasteiger charge is 2.19. The van der Waals surface area contributed by atoms with Crippen LogP contribution in [0.2, 0.25) is 0 Å². The van der Waals surface area contributed by atoms with Crippen LogP contribution in [0, 0.1) is 5.92 Å². The lowest BCUT2D eigenvalue weighted by atomic mass is 9.84. The van der Waals surface area contributed by atoms with E-state index in [9.17, 15) is 4.79 Å². The van der Waals surface area contributed by atoms with Crippen molar-refractivity contribution < 1.29 is 4.79 Å². The third-order valence-electron chi connectivity index (χ3n) is 2.68. The van der Waals surface area contributed by atoms with Crippen molar-refractivity contribution in [2.45, 2.75) is 40.0 Å². The minimum absolute atomic E-state index is 0.603. The molecule has 1 aliphatic carbocycles. The fourth-order valence-electron chi connectivity index (χ4n) is 1.86. The van der Waals surface area contributed by atoms with E-state index in [4.69, 9.17) is 5.73 Å². The minimum atomic E-state index is -0.603. The number of nitrogens with two attached hydrogens (primary N) is 1. The molecule has 0 saturated heterocycles. The molecule has 0 spiro atoms. The van der Waals surface area contributed by atoms with Crippen LogP contribution < -0.4 is 11.2 Å². The Hall–Kier alpha value is -1.32. The number of carbonyl (C=O) groups excluding carboxylic acids is 1. The van der Waals surface area contributed by atoms with Crippen molar-refractivity contribution >= 4 is 11.7 Å². The number of rotatable bonds is 1. The van der Waals surface area contributed by atoms with E-state index in [1.165, 1.54) is 17.6 Å². The van der Waals surface area contributed by atoms with Crippen molar-refractivity contribution in [3.8, 4) is 0 Å². The van der Waals surface area contributed by atoms with Gasteiger partial charge in [-0.05, 0) is 44.6 Å². The van der Waals surface area contributed by atoms with Crippen LogP contribution in [-0.4, -0.2) is 11.7 Å². The van der Waals surface area contributed by atoms with Gasteiger partial charge in [0.15, 0.2) is 0 Å². The Kier molecular flexibility index (Phi) is 3.88. The van der Waals surface area contributed by atoms with E-state index in [0.29, 0.717) is 5.92 Å². The second-order valence-electron chi connectivity index (χ2n) is 4.36. The molecular weight excluding hydrogens is 190 g/mol. The van der Waals surface area contributed by atoms with Gasteiger partial charge < -0.3 is 5.73 Å². The van der Waals surface area contributed by atoms with Gasteiger partial charge in [0, 0.05) is 0 Å². The SMILES string of the molecule is CC(C)=C1CC[C@@H](C)C/C1=N\NC(N)=O. The number of hydrogen-bond donors (Lipinski definition) is 2. The Labute approximate surface area is 90.6 Å². The molecule has 4 nitrogen and oxygen atoms in total. The molecule has 4 heteroatoms. The average Bonchev–Trinajstić information content (AvgIpc) is 2.14. The molecule has 2 amide bonds. The lowest BCUT2D eigenvalue weighted by molar-refractivity contribution is 0.249. The van der Waals surface area contributed by atoms with Crippen LogP contribution >= 0.6 is 0 Å². The zero-order valence-electron chi connectivity index (χ0n) is 9.63. The van der Waals surface area contributed by atoms with E-state index in [2.05, 4.69) is 31.3 Å². The first kappa shape index (κ1) is 11.8. The number of urea groups is 1. The molecule has 0 unspecified atom stereocenters. The van der Waals surface area contributed by atoms with E-state index in [-0.39, 0.29) is 0 Å². The summed E-state index contributed by atoms with van der Waals surface area (Å²) in [6, 6.07) is -0.603. The molecule has 0 heterocycles. The zero-order chi connectivity index (χ0) is 11.4. The van der Waals surface area contributed by atoms with Crippen molar-refractivity contribution in [1.82, 2.24) is 5.43 Å². The maximum Gasteiger partial charge on any atom is 0.332 e. The molecule has 0 bridgehead atoms. The molecule has 84 valence electrons. The number of hydrogen-bond acceptors (Lipinski definition) is 2. The quantitative estimate of drug-likeness (QED) is 0.638. The molecule has 0 aromatic carbocycles. The Bertz CT molecular complexity index is 314. The molecule has 1 saturated carbocycles. The fraction of sp³-hybridized carbons (Fsp3) is 0.636. The van der Waals surface area contributed by atoms with E-state index in [1.807, 2.05) is 0 Å². The number of amides is 2. The van der Waals surface area contributed by atoms with Gasteiger partial charge >= 0.3 is 6.03 Å². The van der Waals surface area contributed by atoms with E-state index in [0.717, 1.165) is 18.6 Å². The molecule has 1 atom stereocenters. The zero-order valence-corrected chi connectivity index (χ0v) is 9.63. The normalized spacial score (nSPS) is 24.1. The number of allylic oxidation sites excluding steroid dienone is 2. The summed E-state index contributed by atoms with van der Waals surface area (Å²) in [5.41, 5.74) is 10.8. The van der Waals surface area contributed by atoms with Gasteiger partial charge in [0.2, 0.25) is 0 Å². The smallest absolute Gasteiger partial charge is 0.332 e. The van der Waals surface area contributed by atoms with Crippen molar-refractivity contribution in [2.24, 2.45) is 16.8 Å². The van der Waals surface area contributed by atoms with Crippen LogP contribution in [0.1, 0.15) is 40.0 Å². The summed E-state index contributed by atoms with van der Waals surface area (Å²) < 4.78 is 0. The molecule has 15 heavy (non-hydrogen) atoms. The topological polar surface area (TPSA) is 67.5 Å². The Morgan fingerprint density at radius 1 is 1.53 bits per heavy atom. The molecule has 1 fully saturated rings. The van der Waals surface area contributed by atoms with Crippen LogP contribution in [0.5, 0.6) is 0 Å². The van der Waals surface area contributed by atoms with Crippen molar-refractivity contribution in [3.05, 3.63) is 11.1 Å². The van der Waals surface area contributed by atoms with Crippen molar-refractivity contribution in [2.75, 3.05) is 0 Å². The molecule has 0 radical (unpaired) electrons. The van der Waals surface area contributed by atoms with E-state index >= 15 is 0 Å². The Balaban J connectivity index is 2.84. The first-order valence-electron chi connectivity index (χ1n) is 5.29. The molecule has 0 aromatic heterocycles. The number of carbonyl (C=O) groups is 1. The fourth-order valence-corrected chi connectivity index (χ4v) is 1.86. The lowest BCUT2D eigenvalue weighted by Gasteiger charge is -2.23. The molecular formula is C11H19N3O. The van der Waals surface area contributed by atoms with E-state index < -0.39 is 6.03 Å². The van der Waals surface area contributed by atoms with E-state index in [1.54, 1.807) is 0 Å². The van der Waals surface area contributed by atoms with Crippen molar-refractivity contribution in [1.29, 1.82) is 0 Å². The predicted octanol–water partition coefficient (Wildman–Crippen LogP) is 2.17. The maximum absolute atomic E-state index is 10.6. The monoisotopic (exact) mass is 209 g/mol. The third-order valence-corrected chi connectivity index (χ3v) is 2.68. The summed E-state index contributed by atoms with van der Waals surface area (Å²) in [5.74, 6) is 0.626. The summed E-state index contributed by atoms with van der Waals surface area (Å²) in [6.07, 6.45) is 3.15. The van der Waals surface area contributed by atoms with Gasteiger partial charge in [-0.3, -0.25) is 0 Å². The molecule has 0 aliphatic heterocycles. The van der Waals surface area contributed by atoms with Gasteiger partial charge in [-0.2, -0.15) is 5.10 Å². The van der Waals surface area contributed by atoms with Gasteiger partial charge in [-0.1, -0.05) is 12.5 Å². The highest BCUT2D eigenvalue weighted by Crippen LogP contribution is 2.27. The second kappa shape index (κ2) is 4.96. The molecule has 0 aromatic rings. The maximum atomic E-state index is 10.6. The van der Waals surface area contributed by atoms with Crippen LogP contribution in [0.15, 0.2) is 16.2 Å². The van der Waals surface area contributed by atoms with Crippen molar-refractivity contribution in [3.63, 3.8) is 0 Å². The number of hydrazone groups is 1. The molecule has 1 aliphatic rings. The third kappa shape index (κ3) is 3.38. The number of primary amides is 1. The molecule has 1 rings (SSSR count). The van der Waals surface area contributed by atoms with Gasteiger partial charge in [0.1, 0.15) is 0 Å². The molecule has 3 N–H and O–H groups in total. The predicted molar refractivity (Wildman–Crippen MR) is 61.5 cm³/mol. The minimum Gasteiger partial charge on any atom is -0.350 e. The Morgan fingerprint density at radius 3 is 2.73 bits per heavy atom. The van der Waals surface area contributed by atoms with Crippen LogP contribution in [0.25, 0.3) is 0 Å². The van der Waals surface area contributed by atoms with Crippen LogP contribution in [0.3, 0.4) is 0 Å². The first-order chi connectivity index (χ1) is 7.00. The van der Waals surface area contributed by atoms with Gasteiger partial charge in [0.05, 0.1) is 5.71 Å². The van der Waals surface area contributed by atoms with Crippen LogP contribution in [0.4, 0.5) is 4.79 Å². The summed E-state index contributed by atoms with van der Waals surface area (Å²) in [5, 5.41) is 4.07. The number of nitrogens with one attached hydrogen (secondary N) is 1. The Morgan fingerprint density at radius 2 is 2.20 bits per heavy atom.